The lowest BCUT2D eigenvalue weighted by atomic mass is 10.1. The van der Waals surface area contributed by atoms with Gasteiger partial charge in [0.2, 0.25) is 5.91 Å². The number of nitrogens with one attached hydrogen (secondary N) is 1. The van der Waals surface area contributed by atoms with Crippen molar-refractivity contribution >= 4 is 17.3 Å². The first-order chi connectivity index (χ1) is 8.15. The summed E-state index contributed by atoms with van der Waals surface area (Å²) in [6, 6.07) is 5.86. The molecular formula is C13H19N3O. The Morgan fingerprint density at radius 3 is 3.00 bits per heavy atom. The molecule has 17 heavy (non-hydrogen) atoms. The van der Waals surface area contributed by atoms with Crippen molar-refractivity contribution in [2.75, 3.05) is 23.7 Å². The summed E-state index contributed by atoms with van der Waals surface area (Å²) >= 11 is 0. The van der Waals surface area contributed by atoms with Gasteiger partial charge in [0.25, 0.3) is 0 Å². The van der Waals surface area contributed by atoms with Crippen LogP contribution in [0.2, 0.25) is 0 Å². The first-order valence-electron chi connectivity index (χ1n) is 6.04. The zero-order valence-electron chi connectivity index (χ0n) is 10.4. The predicted molar refractivity (Wildman–Crippen MR) is 70.0 cm³/mol. The van der Waals surface area contributed by atoms with Gasteiger partial charge in [0.05, 0.1) is 11.4 Å². The lowest BCUT2D eigenvalue weighted by Gasteiger charge is -2.37. The maximum atomic E-state index is 11.8. The molecule has 1 aromatic rings. The molecule has 0 spiro atoms. The van der Waals surface area contributed by atoms with Crippen LogP contribution in [0.3, 0.4) is 0 Å². The van der Waals surface area contributed by atoms with Crippen LogP contribution in [0.15, 0.2) is 18.2 Å². The van der Waals surface area contributed by atoms with Crippen LogP contribution in [0.1, 0.15) is 18.9 Å². The fourth-order valence-electron chi connectivity index (χ4n) is 2.32. The number of nitrogens with zero attached hydrogens (tertiary/aromatic N) is 1. The summed E-state index contributed by atoms with van der Waals surface area (Å²) in [6.07, 6.45) is 0.791. The first-order valence-corrected chi connectivity index (χ1v) is 6.04. The molecule has 0 saturated carbocycles. The van der Waals surface area contributed by atoms with E-state index in [-0.39, 0.29) is 11.9 Å². The maximum Gasteiger partial charge on any atom is 0.242 e. The number of rotatable bonds is 2. The molecule has 4 heteroatoms. The summed E-state index contributed by atoms with van der Waals surface area (Å²) in [4.78, 5) is 13.9. The van der Waals surface area contributed by atoms with Crippen LogP contribution in [-0.2, 0) is 4.79 Å². The van der Waals surface area contributed by atoms with E-state index in [2.05, 4.69) is 10.2 Å². The molecular weight excluding hydrogens is 214 g/mol. The van der Waals surface area contributed by atoms with Gasteiger partial charge in [0, 0.05) is 13.1 Å². The standard InChI is InChI=1S/C13H19N3O/c1-3-10-13(17)15-7-8-16(10)11-6-4-5-9(2)12(11)14/h4-6,10H,3,7-8,14H2,1-2H3,(H,15,17). The highest BCUT2D eigenvalue weighted by atomic mass is 16.2. The van der Waals surface area contributed by atoms with E-state index >= 15 is 0 Å². The summed E-state index contributed by atoms with van der Waals surface area (Å²) < 4.78 is 0. The summed E-state index contributed by atoms with van der Waals surface area (Å²) in [6.45, 7) is 5.51. The van der Waals surface area contributed by atoms with Crippen LogP contribution in [0.25, 0.3) is 0 Å². The minimum Gasteiger partial charge on any atom is -0.397 e. The third-order valence-corrected chi connectivity index (χ3v) is 3.33. The average Bonchev–Trinajstić information content (AvgIpc) is 2.32. The molecule has 1 heterocycles. The average molecular weight is 233 g/mol. The number of piperazine rings is 1. The molecule has 92 valence electrons. The molecule has 0 aliphatic carbocycles. The molecule has 1 amide bonds. The van der Waals surface area contributed by atoms with Gasteiger partial charge in [-0.15, -0.1) is 0 Å². The maximum absolute atomic E-state index is 11.8. The van der Waals surface area contributed by atoms with Gasteiger partial charge >= 0.3 is 0 Å². The number of carbonyl (C=O) groups is 1. The Morgan fingerprint density at radius 2 is 2.29 bits per heavy atom. The Bertz CT molecular complexity index is 431. The van der Waals surface area contributed by atoms with Crippen molar-refractivity contribution in [2.45, 2.75) is 26.3 Å². The fourth-order valence-corrected chi connectivity index (χ4v) is 2.32. The summed E-state index contributed by atoms with van der Waals surface area (Å²) in [5.74, 6) is 0.0969. The van der Waals surface area contributed by atoms with Gasteiger partial charge in [-0.25, -0.2) is 0 Å². The lowest BCUT2D eigenvalue weighted by molar-refractivity contribution is -0.123. The zero-order valence-corrected chi connectivity index (χ0v) is 10.4. The molecule has 1 atom stereocenters. The van der Waals surface area contributed by atoms with E-state index in [4.69, 9.17) is 5.73 Å². The van der Waals surface area contributed by atoms with E-state index in [1.807, 2.05) is 32.0 Å². The fraction of sp³-hybridized carbons (Fsp3) is 0.462. The van der Waals surface area contributed by atoms with Crippen LogP contribution >= 0.6 is 0 Å². The summed E-state index contributed by atoms with van der Waals surface area (Å²) in [7, 11) is 0. The third kappa shape index (κ3) is 2.07. The Balaban J connectivity index is 2.37. The van der Waals surface area contributed by atoms with Gasteiger partial charge in [-0.05, 0) is 25.0 Å². The van der Waals surface area contributed by atoms with Crippen LogP contribution < -0.4 is 16.0 Å². The van der Waals surface area contributed by atoms with E-state index in [9.17, 15) is 4.79 Å². The minimum absolute atomic E-state index is 0.0969. The van der Waals surface area contributed by atoms with Crippen molar-refractivity contribution < 1.29 is 4.79 Å². The summed E-state index contributed by atoms with van der Waals surface area (Å²) in [5, 5.41) is 2.90. The SMILES string of the molecule is CCC1C(=O)NCCN1c1cccc(C)c1N. The molecule has 4 nitrogen and oxygen atoms in total. The van der Waals surface area contributed by atoms with Gasteiger partial charge in [-0.1, -0.05) is 19.1 Å². The molecule has 1 unspecified atom stereocenters. The minimum atomic E-state index is -0.104. The highest BCUT2D eigenvalue weighted by molar-refractivity contribution is 5.88. The number of para-hydroxylation sites is 1. The van der Waals surface area contributed by atoms with E-state index < -0.39 is 0 Å². The largest absolute Gasteiger partial charge is 0.397 e. The van der Waals surface area contributed by atoms with Crippen molar-refractivity contribution in [3.05, 3.63) is 23.8 Å². The smallest absolute Gasteiger partial charge is 0.242 e. The molecule has 1 aliphatic rings. The van der Waals surface area contributed by atoms with Crippen LogP contribution in [0.4, 0.5) is 11.4 Å². The predicted octanol–water partition coefficient (Wildman–Crippen LogP) is 1.29. The molecule has 1 aliphatic heterocycles. The van der Waals surface area contributed by atoms with Crippen LogP contribution in [0, 0.1) is 6.92 Å². The van der Waals surface area contributed by atoms with Gasteiger partial charge in [0.1, 0.15) is 6.04 Å². The van der Waals surface area contributed by atoms with Crippen molar-refractivity contribution in [1.82, 2.24) is 5.32 Å². The second-order valence-corrected chi connectivity index (χ2v) is 4.42. The van der Waals surface area contributed by atoms with E-state index in [0.717, 1.165) is 29.9 Å². The number of nitrogen functional groups attached to an aromatic ring is 1. The third-order valence-electron chi connectivity index (χ3n) is 3.33. The quantitative estimate of drug-likeness (QED) is 0.757. The topological polar surface area (TPSA) is 58.4 Å². The van der Waals surface area contributed by atoms with Crippen molar-refractivity contribution in [2.24, 2.45) is 0 Å². The molecule has 0 bridgehead atoms. The first kappa shape index (κ1) is 11.8. The van der Waals surface area contributed by atoms with Crippen LogP contribution in [0.5, 0.6) is 0 Å². The normalized spacial score (nSPS) is 20.2. The molecule has 0 aromatic heterocycles. The molecule has 0 radical (unpaired) electrons. The number of benzene rings is 1. The highest BCUT2D eigenvalue weighted by Gasteiger charge is 2.29. The van der Waals surface area contributed by atoms with Gasteiger partial charge in [-0.2, -0.15) is 0 Å². The van der Waals surface area contributed by atoms with Crippen molar-refractivity contribution in [1.29, 1.82) is 0 Å². The Morgan fingerprint density at radius 1 is 1.53 bits per heavy atom. The van der Waals surface area contributed by atoms with Gasteiger partial charge in [0.15, 0.2) is 0 Å². The number of amides is 1. The number of anilines is 2. The van der Waals surface area contributed by atoms with E-state index in [0.29, 0.717) is 6.54 Å². The molecule has 1 aromatic carbocycles. The Hall–Kier alpha value is -1.71. The Kier molecular flexibility index (Phi) is 3.22. The van der Waals surface area contributed by atoms with E-state index in [1.165, 1.54) is 0 Å². The van der Waals surface area contributed by atoms with Crippen molar-refractivity contribution in [3.8, 4) is 0 Å². The second kappa shape index (κ2) is 4.65. The zero-order chi connectivity index (χ0) is 12.4. The summed E-state index contributed by atoms with van der Waals surface area (Å²) in [5.41, 5.74) is 8.92. The van der Waals surface area contributed by atoms with Gasteiger partial charge in [-0.3, -0.25) is 4.79 Å². The number of aryl methyl sites for hydroxylation is 1. The number of carbonyl (C=O) groups excluding carboxylic acids is 1. The number of nitrogens with two attached hydrogens (primary N) is 1. The molecule has 3 N–H and O–H groups in total. The van der Waals surface area contributed by atoms with E-state index in [1.54, 1.807) is 0 Å². The highest BCUT2D eigenvalue weighted by Crippen LogP contribution is 2.29. The Labute approximate surface area is 102 Å². The molecule has 1 saturated heterocycles. The van der Waals surface area contributed by atoms with Crippen LogP contribution in [-0.4, -0.2) is 25.0 Å². The second-order valence-electron chi connectivity index (χ2n) is 4.42. The lowest BCUT2D eigenvalue weighted by Crippen LogP contribution is -2.55. The number of hydrogen-bond acceptors (Lipinski definition) is 3. The van der Waals surface area contributed by atoms with Gasteiger partial charge < -0.3 is 16.0 Å². The van der Waals surface area contributed by atoms with Crippen molar-refractivity contribution in [3.63, 3.8) is 0 Å². The molecule has 1 fully saturated rings. The molecule has 2 rings (SSSR count). The number of hydrogen-bond donors (Lipinski definition) is 2. The monoisotopic (exact) mass is 233 g/mol.